The van der Waals surface area contributed by atoms with Crippen LogP contribution in [0.1, 0.15) is 290 Å². The second kappa shape index (κ2) is 53.8. The van der Waals surface area contributed by atoms with Gasteiger partial charge in [0.1, 0.15) is 6.61 Å². The van der Waals surface area contributed by atoms with Crippen LogP contribution in [0.3, 0.4) is 0 Å². The number of unbranched alkanes of at least 4 members (excludes halogenated alkanes) is 12. The van der Waals surface area contributed by atoms with Gasteiger partial charge in [0.2, 0.25) is 0 Å². The number of carbonyl (C=O) groups excluding carboxylic acids is 2. The van der Waals surface area contributed by atoms with E-state index in [1.54, 1.807) is 56.3 Å². The summed E-state index contributed by atoms with van der Waals surface area (Å²) in [4.78, 5) is 56.9. The first-order valence-electron chi connectivity index (χ1n) is 35.0. The molecule has 0 aromatic heterocycles. The molecule has 0 aliphatic heterocycles. The van der Waals surface area contributed by atoms with Crippen LogP contribution >= 0.6 is 15.6 Å². The summed E-state index contributed by atoms with van der Waals surface area (Å²) in [6.45, 7) is 48.1. The Morgan fingerprint density at radius 1 is 0.425 bits per heavy atom. The van der Waals surface area contributed by atoms with Gasteiger partial charge in [-0.15, -0.1) is 0 Å². The molecule has 1 unspecified atom stereocenters. The Labute approximate surface area is 535 Å². The summed E-state index contributed by atoms with van der Waals surface area (Å²) in [5, 5.41) is 0. The number of phosphoric ester groups is 1. The Balaban J connectivity index is 0. The summed E-state index contributed by atoms with van der Waals surface area (Å²) in [5.41, 5.74) is 2.67. The SMILES string of the molecule is C/C(=C\COP(=O)([O-])OP(=O)([O-])[O-])CC/C=C(\C)COC(=O)c1cccc(C(=O)c2ccccc2)c1.CCCC[N+](CCCC)(CCCC)CCCC.CCCC[N+](CCCC)(CCCC)CCCC.CCCC[N+](CCCC)(CCCC)CCCC. The molecule has 1 atom stereocenters. The molecule has 0 spiro atoms. The van der Waals surface area contributed by atoms with E-state index in [0.29, 0.717) is 24.0 Å². The molecule has 0 aliphatic rings. The van der Waals surface area contributed by atoms with Crippen molar-refractivity contribution in [2.75, 3.05) is 91.8 Å². The van der Waals surface area contributed by atoms with E-state index in [0.717, 1.165) is 11.1 Å². The number of carbonyl (C=O) groups is 2. The number of ether oxygens (including phenoxy) is 1. The second-order valence-corrected chi connectivity index (χ2v) is 27.4. The maximum Gasteiger partial charge on any atom is 0.338 e. The minimum atomic E-state index is -5.71. The highest BCUT2D eigenvalue weighted by atomic mass is 31.3. The van der Waals surface area contributed by atoms with E-state index in [1.165, 1.54) is 258 Å². The highest BCUT2D eigenvalue weighted by Gasteiger charge is 2.27. The third kappa shape index (κ3) is 44.4. The van der Waals surface area contributed by atoms with Crippen LogP contribution in [-0.4, -0.2) is 117 Å². The highest BCUT2D eigenvalue weighted by molar-refractivity contribution is 7.58. The molecule has 0 saturated heterocycles. The number of esters is 1. The molecule has 2 aromatic rings. The Morgan fingerprint density at radius 2 is 0.736 bits per heavy atom. The summed E-state index contributed by atoms with van der Waals surface area (Å²) >= 11 is 0. The lowest BCUT2D eigenvalue weighted by atomic mass is 10.0. The van der Waals surface area contributed by atoms with E-state index in [-0.39, 0.29) is 18.0 Å². The van der Waals surface area contributed by atoms with Gasteiger partial charge in [0.15, 0.2) is 5.78 Å². The van der Waals surface area contributed by atoms with E-state index in [4.69, 9.17) is 4.74 Å². The third-order valence-electron chi connectivity index (χ3n) is 16.6. The second-order valence-electron chi connectivity index (χ2n) is 24.7. The van der Waals surface area contributed by atoms with Gasteiger partial charge in [-0.2, -0.15) is 0 Å². The molecule has 87 heavy (non-hydrogen) atoms. The van der Waals surface area contributed by atoms with Crippen LogP contribution in [0.5, 0.6) is 0 Å². The predicted molar refractivity (Wildman–Crippen MR) is 364 cm³/mol. The van der Waals surface area contributed by atoms with E-state index in [1.807, 2.05) is 12.1 Å². The molecule has 0 heterocycles. The van der Waals surface area contributed by atoms with Crippen molar-refractivity contribution in [3.05, 3.63) is 94.6 Å². The zero-order valence-corrected chi connectivity index (χ0v) is 60.2. The number of ketones is 1. The first kappa shape index (κ1) is 86.3. The standard InChI is InChI=1S/C24H28O10P2.3C16H36N/c1-18(14-15-33-36(30,31)34-35(27,28)29)8-6-9-19(2)17-32-24(26)22-13-7-12-21(16-22)23(25)20-10-4-3-5-11-20;3*1-5-9-13-17(14-10-6-2,15-11-7-3)16-12-8-4/h3-5,7,9-14,16H,6,8,15,17H2,1-2H3,(H,30,31)(H2,27,28,29);3*5-16H2,1-4H3/q;3*+1/p-3/b18-14+,19-9+;;;. The van der Waals surface area contributed by atoms with Gasteiger partial charge in [-0.05, 0) is 121 Å². The topological polar surface area (TPSA) is 165 Å². The minimum absolute atomic E-state index is 0.0444. The Hall–Kier alpha value is -2.80. The van der Waals surface area contributed by atoms with Crippen molar-refractivity contribution in [2.24, 2.45) is 0 Å². The zero-order chi connectivity index (χ0) is 65.7. The fourth-order valence-electron chi connectivity index (χ4n) is 10.9. The molecule has 0 amide bonds. The van der Waals surface area contributed by atoms with Crippen LogP contribution in [0.15, 0.2) is 77.9 Å². The maximum absolute atomic E-state index is 12.6. The lowest BCUT2D eigenvalue weighted by molar-refractivity contribution is -0.929. The fourth-order valence-corrected chi connectivity index (χ4v) is 12.3. The van der Waals surface area contributed by atoms with Crippen molar-refractivity contribution in [3.8, 4) is 0 Å². The smallest absolute Gasteiger partial charge is 0.338 e. The van der Waals surface area contributed by atoms with Gasteiger partial charge in [0.25, 0.3) is 7.82 Å². The van der Waals surface area contributed by atoms with E-state index < -0.39 is 28.2 Å². The first-order chi connectivity index (χ1) is 41.6. The summed E-state index contributed by atoms with van der Waals surface area (Å²) < 4.78 is 38.8. The summed E-state index contributed by atoms with van der Waals surface area (Å²) in [6.07, 6.45) is 37.5. The third-order valence-corrected chi connectivity index (χ3v) is 18.6. The van der Waals surface area contributed by atoms with Gasteiger partial charge in [0.05, 0.1) is 98.5 Å². The van der Waals surface area contributed by atoms with Gasteiger partial charge in [-0.3, -0.25) is 13.7 Å². The van der Waals surface area contributed by atoms with Gasteiger partial charge in [-0.25, -0.2) is 4.79 Å². The van der Waals surface area contributed by atoms with Crippen LogP contribution < -0.4 is 14.7 Å². The fraction of sp³-hybridized carbons (Fsp3) is 0.750. The molecule has 13 nitrogen and oxygen atoms in total. The number of benzene rings is 2. The van der Waals surface area contributed by atoms with Crippen molar-refractivity contribution in [3.63, 3.8) is 0 Å². The molecule has 0 radical (unpaired) electrons. The highest BCUT2D eigenvalue weighted by Crippen LogP contribution is 2.50. The largest absolute Gasteiger partial charge is 0.790 e. The number of nitrogens with zero attached hydrogens (tertiary/aromatic N) is 3. The summed E-state index contributed by atoms with van der Waals surface area (Å²) in [7, 11) is -11.0. The molecular formula is C72H133N3O10P2. The molecule has 0 aliphatic carbocycles. The molecule has 0 bridgehead atoms. The van der Waals surface area contributed by atoms with Crippen molar-refractivity contribution >= 4 is 27.4 Å². The first-order valence-corrected chi connectivity index (χ1v) is 37.9. The number of phosphoric acid groups is 2. The Bertz CT molecular complexity index is 1950. The molecule has 0 saturated carbocycles. The van der Waals surface area contributed by atoms with E-state index >= 15 is 0 Å². The quantitative estimate of drug-likeness (QED) is 0.0205. The normalized spacial score (nSPS) is 12.9. The number of allylic oxidation sites excluding steroid dienone is 2. The number of quaternary nitrogens is 3. The van der Waals surface area contributed by atoms with Crippen LogP contribution in [0, 0.1) is 0 Å². The number of hydrogen-bond donors (Lipinski definition) is 0. The van der Waals surface area contributed by atoms with Crippen molar-refractivity contribution in [2.45, 2.75) is 264 Å². The summed E-state index contributed by atoms with van der Waals surface area (Å²) in [5.74, 6) is -0.764. The Morgan fingerprint density at radius 3 is 1.05 bits per heavy atom. The minimum Gasteiger partial charge on any atom is -0.790 e. The van der Waals surface area contributed by atoms with Gasteiger partial charge >= 0.3 is 5.97 Å². The average Bonchev–Trinajstić information content (AvgIpc) is 3.63. The maximum atomic E-state index is 12.6. The van der Waals surface area contributed by atoms with Crippen LogP contribution in [0.4, 0.5) is 0 Å². The zero-order valence-electron chi connectivity index (χ0n) is 58.5. The van der Waals surface area contributed by atoms with Crippen molar-refractivity contribution < 1.29 is 60.4 Å². The molecule has 0 fully saturated rings. The van der Waals surface area contributed by atoms with Crippen molar-refractivity contribution in [1.82, 2.24) is 0 Å². The molecule has 506 valence electrons. The molecule has 2 aromatic carbocycles. The lowest BCUT2D eigenvalue weighted by Gasteiger charge is -2.39. The van der Waals surface area contributed by atoms with E-state index in [9.17, 15) is 33.4 Å². The lowest BCUT2D eigenvalue weighted by Crippen LogP contribution is -2.50. The van der Waals surface area contributed by atoms with Gasteiger partial charge in [0, 0.05) is 11.1 Å². The van der Waals surface area contributed by atoms with Crippen molar-refractivity contribution in [1.29, 1.82) is 0 Å². The van der Waals surface area contributed by atoms with Crippen LogP contribution in [0.2, 0.25) is 0 Å². The molecule has 15 heteroatoms. The van der Waals surface area contributed by atoms with Crippen LogP contribution in [-0.2, 0) is 22.7 Å². The monoisotopic (exact) mass is 1260 g/mol. The van der Waals surface area contributed by atoms with Gasteiger partial charge in [-0.1, -0.05) is 220 Å². The average molecular weight is 1260 g/mol. The van der Waals surface area contributed by atoms with Gasteiger partial charge < -0.3 is 42.0 Å². The number of hydrogen-bond acceptors (Lipinski definition) is 10. The van der Waals surface area contributed by atoms with Crippen LogP contribution in [0.25, 0.3) is 0 Å². The molecule has 0 N–H and O–H groups in total. The summed E-state index contributed by atoms with van der Waals surface area (Å²) in [6, 6.07) is 15.0. The predicted octanol–water partition coefficient (Wildman–Crippen LogP) is 18.1. The molecule has 2 rings (SSSR count). The van der Waals surface area contributed by atoms with E-state index in [2.05, 4.69) is 91.9 Å². The molecular weight excluding hydrogens is 1130 g/mol. The Kier molecular flexibility index (Phi) is 53.4. The number of rotatable bonds is 49.